The molecule has 0 unspecified atom stereocenters. The van der Waals surface area contributed by atoms with Crippen LogP contribution in [0, 0.1) is 15.3 Å². The Morgan fingerprint density at radius 2 is 1.73 bits per heavy atom. The van der Waals surface area contributed by atoms with Crippen LogP contribution in [0.1, 0.15) is 66.6 Å². The second kappa shape index (κ2) is 7.90. The maximum absolute atomic E-state index is 13.8. The number of aromatic amines is 1. The molecule has 4 rings (SSSR count). The number of nitrogens with zero attached hydrogens (tertiary/aromatic N) is 1. The average molecular weight is 524 g/mol. The third-order valence-electron chi connectivity index (χ3n) is 5.51. The van der Waals surface area contributed by atoms with Crippen molar-refractivity contribution in [2.45, 2.75) is 58.0 Å². The van der Waals surface area contributed by atoms with Crippen LogP contribution in [0.25, 0.3) is 10.9 Å². The molecule has 0 atom stereocenters. The van der Waals surface area contributed by atoms with Crippen molar-refractivity contribution in [2.24, 2.45) is 0 Å². The van der Waals surface area contributed by atoms with Gasteiger partial charge in [0.05, 0.1) is 11.1 Å². The van der Waals surface area contributed by atoms with Gasteiger partial charge in [-0.05, 0) is 116 Å². The molecule has 30 heavy (non-hydrogen) atoms. The Balaban J connectivity index is 1.78. The second-order valence-electron chi connectivity index (χ2n) is 8.77. The number of H-pyrrole nitrogens is 1. The van der Waals surface area contributed by atoms with Crippen LogP contribution >= 0.6 is 22.6 Å². The minimum Gasteiger partial charge on any atom is -0.456 e. The summed E-state index contributed by atoms with van der Waals surface area (Å²) in [4.78, 5) is 13.0. The Bertz CT molecular complexity index is 1100. The van der Waals surface area contributed by atoms with Gasteiger partial charge >= 0.3 is 5.97 Å². The number of carbonyl (C=O) groups is 1. The quantitative estimate of drug-likeness (QED) is 0.252. The number of hydrogen-bond acceptors (Lipinski definition) is 3. The van der Waals surface area contributed by atoms with Crippen molar-refractivity contribution < 1.29 is 18.3 Å². The minimum absolute atomic E-state index is 0.0425. The molecule has 0 bridgehead atoms. The molecule has 0 saturated heterocycles. The number of esters is 1. The summed E-state index contributed by atoms with van der Waals surface area (Å²) in [5.41, 5.74) is 3.30. The Morgan fingerprint density at radius 1 is 1.13 bits per heavy atom. The highest BCUT2D eigenvalue weighted by atomic mass is 127. The number of fused-ring (bicyclic) bond motifs is 2. The molecule has 4 nitrogen and oxygen atoms in total. The number of rotatable bonds is 2. The first-order valence-electron chi connectivity index (χ1n) is 10.0. The van der Waals surface area contributed by atoms with Gasteiger partial charge in [0.1, 0.15) is 9.30 Å². The largest absolute Gasteiger partial charge is 0.456 e. The van der Waals surface area contributed by atoms with E-state index in [1.165, 1.54) is 12.1 Å². The molecule has 7 heteroatoms. The molecular formula is C23H23F2IN2O2. The molecule has 0 spiro atoms. The standard InChI is InChI=1S/C23H23F2IN2O2/c1-23(2,3)30-22(29)15-8-9-18-20(21(26)28-27-18)19(15)12-4-6-13-10-16(24)17(25)11-14(13)7-5-12/h8-12H,4-7H2,1-3H3,(H,27,28). The van der Waals surface area contributed by atoms with Crippen molar-refractivity contribution in [1.82, 2.24) is 10.2 Å². The molecule has 158 valence electrons. The molecule has 3 aromatic rings. The number of aromatic nitrogens is 2. The van der Waals surface area contributed by atoms with Gasteiger partial charge in [-0.1, -0.05) is 0 Å². The van der Waals surface area contributed by atoms with Crippen molar-refractivity contribution in [2.75, 3.05) is 0 Å². The van der Waals surface area contributed by atoms with Crippen LogP contribution in [0.3, 0.4) is 0 Å². The van der Waals surface area contributed by atoms with E-state index in [0.717, 1.165) is 44.1 Å². The zero-order valence-corrected chi connectivity index (χ0v) is 19.3. The summed E-state index contributed by atoms with van der Waals surface area (Å²) in [5.74, 6) is -1.95. The molecule has 1 heterocycles. The minimum atomic E-state index is -0.812. The van der Waals surface area contributed by atoms with Gasteiger partial charge < -0.3 is 4.74 Å². The van der Waals surface area contributed by atoms with E-state index in [2.05, 4.69) is 32.8 Å². The van der Waals surface area contributed by atoms with E-state index in [4.69, 9.17) is 4.74 Å². The van der Waals surface area contributed by atoms with Gasteiger partial charge in [-0.3, -0.25) is 5.10 Å². The molecule has 0 amide bonds. The van der Waals surface area contributed by atoms with Crippen LogP contribution in [0.2, 0.25) is 0 Å². The number of nitrogens with one attached hydrogen (secondary N) is 1. The lowest BCUT2D eigenvalue weighted by Crippen LogP contribution is -2.25. The van der Waals surface area contributed by atoms with Crippen molar-refractivity contribution in [3.63, 3.8) is 0 Å². The lowest BCUT2D eigenvalue weighted by Gasteiger charge is -2.23. The molecule has 1 N–H and O–H groups in total. The smallest absolute Gasteiger partial charge is 0.338 e. The van der Waals surface area contributed by atoms with Crippen LogP contribution in [0.4, 0.5) is 8.78 Å². The number of halogens is 3. The highest BCUT2D eigenvalue weighted by Crippen LogP contribution is 2.39. The number of benzene rings is 2. The van der Waals surface area contributed by atoms with Crippen molar-refractivity contribution in [1.29, 1.82) is 0 Å². The number of aryl methyl sites for hydroxylation is 2. The van der Waals surface area contributed by atoms with Gasteiger partial charge in [0.15, 0.2) is 11.6 Å². The zero-order valence-electron chi connectivity index (χ0n) is 17.1. The fraction of sp³-hybridized carbons (Fsp3) is 0.391. The third-order valence-corrected chi connectivity index (χ3v) is 6.29. The van der Waals surface area contributed by atoms with Gasteiger partial charge in [-0.2, -0.15) is 5.10 Å². The Morgan fingerprint density at radius 3 is 2.30 bits per heavy atom. The van der Waals surface area contributed by atoms with Gasteiger partial charge in [-0.15, -0.1) is 0 Å². The van der Waals surface area contributed by atoms with Crippen LogP contribution in [0.5, 0.6) is 0 Å². The molecule has 1 aliphatic rings. The summed E-state index contributed by atoms with van der Waals surface area (Å²) in [6.07, 6.45) is 2.70. The first-order valence-corrected chi connectivity index (χ1v) is 11.1. The third kappa shape index (κ3) is 4.08. The summed E-state index contributed by atoms with van der Waals surface area (Å²) >= 11 is 2.19. The topological polar surface area (TPSA) is 55.0 Å². The molecular weight excluding hydrogens is 501 g/mol. The predicted octanol–water partition coefficient (Wildman–Crippen LogP) is 6.06. The maximum atomic E-state index is 13.8. The molecule has 2 aromatic carbocycles. The van der Waals surface area contributed by atoms with Crippen molar-refractivity contribution in [3.8, 4) is 0 Å². The zero-order chi connectivity index (χ0) is 21.6. The fourth-order valence-electron chi connectivity index (χ4n) is 4.22. The van der Waals surface area contributed by atoms with E-state index in [1.54, 1.807) is 6.07 Å². The van der Waals surface area contributed by atoms with Crippen LogP contribution in [0.15, 0.2) is 24.3 Å². The van der Waals surface area contributed by atoms with E-state index in [0.29, 0.717) is 18.4 Å². The van der Waals surface area contributed by atoms with E-state index < -0.39 is 17.2 Å². The van der Waals surface area contributed by atoms with Crippen LogP contribution in [-0.2, 0) is 17.6 Å². The molecule has 0 saturated carbocycles. The van der Waals surface area contributed by atoms with Crippen molar-refractivity contribution in [3.05, 3.63) is 61.9 Å². The van der Waals surface area contributed by atoms with Gasteiger partial charge in [-0.25, -0.2) is 13.6 Å². The number of ether oxygens (including phenoxy) is 1. The summed E-state index contributed by atoms with van der Waals surface area (Å²) in [6.45, 7) is 5.53. The van der Waals surface area contributed by atoms with E-state index >= 15 is 0 Å². The molecule has 1 aromatic heterocycles. The SMILES string of the molecule is CC(C)(C)OC(=O)c1ccc2n[nH]c(I)c2c1C1CCc2cc(F)c(F)cc2CC1. The summed E-state index contributed by atoms with van der Waals surface area (Å²) in [7, 11) is 0. The van der Waals surface area contributed by atoms with Gasteiger partial charge in [0, 0.05) is 5.39 Å². The molecule has 0 aliphatic heterocycles. The summed E-state index contributed by atoms with van der Waals surface area (Å²) in [6, 6.07) is 6.22. The molecule has 1 aliphatic carbocycles. The highest BCUT2D eigenvalue weighted by molar-refractivity contribution is 14.1. The average Bonchev–Trinajstić information content (AvgIpc) is 2.92. The lowest BCUT2D eigenvalue weighted by atomic mass is 9.85. The number of hydrogen-bond donors (Lipinski definition) is 1. The first-order chi connectivity index (χ1) is 14.1. The van der Waals surface area contributed by atoms with E-state index in [9.17, 15) is 13.6 Å². The monoisotopic (exact) mass is 524 g/mol. The Kier molecular flexibility index (Phi) is 5.59. The Hall–Kier alpha value is -2.03. The maximum Gasteiger partial charge on any atom is 0.338 e. The first kappa shape index (κ1) is 21.2. The predicted molar refractivity (Wildman–Crippen MR) is 120 cm³/mol. The van der Waals surface area contributed by atoms with Crippen LogP contribution < -0.4 is 0 Å². The lowest BCUT2D eigenvalue weighted by molar-refractivity contribution is 0.00679. The summed E-state index contributed by atoms with van der Waals surface area (Å²) < 4.78 is 34.1. The van der Waals surface area contributed by atoms with Crippen LogP contribution in [-0.4, -0.2) is 21.8 Å². The second-order valence-corrected chi connectivity index (χ2v) is 9.85. The number of carbonyl (C=O) groups excluding carboxylic acids is 1. The fourth-order valence-corrected chi connectivity index (χ4v) is 4.91. The van der Waals surface area contributed by atoms with Gasteiger partial charge in [0.2, 0.25) is 0 Å². The Labute approximate surface area is 187 Å². The highest BCUT2D eigenvalue weighted by Gasteiger charge is 2.29. The molecule has 0 radical (unpaired) electrons. The van der Waals surface area contributed by atoms with E-state index in [-0.39, 0.29) is 11.9 Å². The molecule has 0 fully saturated rings. The van der Waals surface area contributed by atoms with Gasteiger partial charge in [0.25, 0.3) is 0 Å². The summed E-state index contributed by atoms with van der Waals surface area (Å²) in [5, 5.41) is 8.28. The normalized spacial score (nSPS) is 15.1. The van der Waals surface area contributed by atoms with Crippen molar-refractivity contribution >= 4 is 39.5 Å². The van der Waals surface area contributed by atoms with E-state index in [1.807, 2.05) is 26.8 Å².